The fourth-order valence-electron chi connectivity index (χ4n) is 3.01. The van der Waals surface area contributed by atoms with Gasteiger partial charge in [0.2, 0.25) is 0 Å². The highest BCUT2D eigenvalue weighted by molar-refractivity contribution is 5.79. The van der Waals surface area contributed by atoms with Gasteiger partial charge in [-0.05, 0) is 45.8 Å². The van der Waals surface area contributed by atoms with E-state index in [-0.39, 0.29) is 6.10 Å². The van der Waals surface area contributed by atoms with Gasteiger partial charge in [0.1, 0.15) is 0 Å². The summed E-state index contributed by atoms with van der Waals surface area (Å²) < 4.78 is 11.1. The Hall–Kier alpha value is -1.63. The molecule has 0 spiro atoms. The van der Waals surface area contributed by atoms with Crippen LogP contribution in [0.5, 0.6) is 0 Å². The summed E-state index contributed by atoms with van der Waals surface area (Å²) in [5, 5.41) is 6.75. The zero-order chi connectivity index (χ0) is 19.3. The molecular formula is C21H36N4O2. The molecule has 0 aromatic heterocycles. The Kier molecular flexibility index (Phi) is 10.2. The van der Waals surface area contributed by atoms with Crippen molar-refractivity contribution in [1.82, 2.24) is 15.5 Å². The van der Waals surface area contributed by atoms with E-state index in [4.69, 9.17) is 14.5 Å². The lowest BCUT2D eigenvalue weighted by Crippen LogP contribution is -2.40. The van der Waals surface area contributed by atoms with Crippen molar-refractivity contribution in [2.45, 2.75) is 38.3 Å². The molecule has 0 bridgehead atoms. The lowest BCUT2D eigenvalue weighted by Gasteiger charge is -2.23. The number of rotatable bonds is 11. The third kappa shape index (κ3) is 8.73. The molecule has 2 unspecified atom stereocenters. The molecule has 1 aromatic carbocycles. The number of nitrogens with one attached hydrogen (secondary N) is 2. The lowest BCUT2D eigenvalue weighted by atomic mass is 10.1. The van der Waals surface area contributed by atoms with E-state index in [0.29, 0.717) is 6.04 Å². The maximum absolute atomic E-state index is 5.81. The Morgan fingerprint density at radius 2 is 2.11 bits per heavy atom. The smallest absolute Gasteiger partial charge is 0.191 e. The first-order valence-corrected chi connectivity index (χ1v) is 10.1. The molecule has 1 fully saturated rings. The van der Waals surface area contributed by atoms with E-state index >= 15 is 0 Å². The lowest BCUT2D eigenvalue weighted by molar-refractivity contribution is 0.0420. The first kappa shape index (κ1) is 21.7. The van der Waals surface area contributed by atoms with Crippen LogP contribution in [0, 0.1) is 0 Å². The standard InChI is InChI=1S/C21H36N4O2/c1-4-22-21(23-12-8-13-27-20-11-14-26-17-20)24-16-19(25(2)3)15-18-9-6-5-7-10-18/h5-7,9-10,19-20H,4,8,11-17H2,1-3H3,(H2,22,23,24). The van der Waals surface area contributed by atoms with Crippen LogP contribution in [-0.2, 0) is 15.9 Å². The second kappa shape index (κ2) is 12.7. The monoisotopic (exact) mass is 376 g/mol. The minimum Gasteiger partial charge on any atom is -0.379 e. The Morgan fingerprint density at radius 1 is 1.30 bits per heavy atom. The van der Waals surface area contributed by atoms with Crippen LogP contribution in [0.25, 0.3) is 0 Å². The fourth-order valence-corrected chi connectivity index (χ4v) is 3.01. The van der Waals surface area contributed by atoms with Crippen molar-refractivity contribution in [2.75, 3.05) is 53.6 Å². The summed E-state index contributed by atoms with van der Waals surface area (Å²) in [7, 11) is 4.24. The van der Waals surface area contributed by atoms with Crippen molar-refractivity contribution in [3.63, 3.8) is 0 Å². The second-order valence-corrected chi connectivity index (χ2v) is 7.16. The number of guanidine groups is 1. The number of aliphatic imine (C=N–C) groups is 1. The number of benzene rings is 1. The van der Waals surface area contributed by atoms with Gasteiger partial charge in [0.05, 0.1) is 19.3 Å². The van der Waals surface area contributed by atoms with Gasteiger partial charge < -0.3 is 25.0 Å². The number of hydrogen-bond donors (Lipinski definition) is 2. The summed E-state index contributed by atoms with van der Waals surface area (Å²) >= 11 is 0. The van der Waals surface area contributed by atoms with Crippen molar-refractivity contribution in [3.05, 3.63) is 35.9 Å². The van der Waals surface area contributed by atoms with Gasteiger partial charge >= 0.3 is 0 Å². The number of ether oxygens (including phenoxy) is 2. The fraction of sp³-hybridized carbons (Fsp3) is 0.667. The van der Waals surface area contributed by atoms with Crippen LogP contribution in [0.4, 0.5) is 0 Å². The minimum atomic E-state index is 0.283. The quantitative estimate of drug-likeness (QED) is 0.351. The van der Waals surface area contributed by atoms with E-state index in [0.717, 1.165) is 64.7 Å². The van der Waals surface area contributed by atoms with E-state index < -0.39 is 0 Å². The maximum atomic E-state index is 5.81. The van der Waals surface area contributed by atoms with Crippen LogP contribution in [-0.4, -0.2) is 76.6 Å². The maximum Gasteiger partial charge on any atom is 0.191 e. The highest BCUT2D eigenvalue weighted by atomic mass is 16.5. The summed E-state index contributed by atoms with van der Waals surface area (Å²) in [5.41, 5.74) is 1.34. The van der Waals surface area contributed by atoms with Crippen molar-refractivity contribution >= 4 is 5.96 Å². The molecule has 6 heteroatoms. The average molecular weight is 377 g/mol. The van der Waals surface area contributed by atoms with E-state index in [2.05, 4.69) is 66.9 Å². The van der Waals surface area contributed by atoms with Gasteiger partial charge in [0.15, 0.2) is 5.96 Å². The van der Waals surface area contributed by atoms with Gasteiger partial charge in [-0.2, -0.15) is 0 Å². The molecule has 1 aromatic rings. The van der Waals surface area contributed by atoms with Crippen molar-refractivity contribution in [1.29, 1.82) is 0 Å². The summed E-state index contributed by atoms with van der Waals surface area (Å²) in [6.45, 7) is 6.88. The molecule has 2 rings (SSSR count). The molecular weight excluding hydrogens is 340 g/mol. The number of nitrogens with zero attached hydrogens (tertiary/aromatic N) is 2. The highest BCUT2D eigenvalue weighted by Crippen LogP contribution is 2.08. The SMILES string of the molecule is CCNC(=NCC(Cc1ccccc1)N(C)C)NCCCOC1CCOC1. The Morgan fingerprint density at radius 3 is 2.78 bits per heavy atom. The molecule has 0 saturated carbocycles. The van der Waals surface area contributed by atoms with Gasteiger partial charge in [-0.15, -0.1) is 0 Å². The van der Waals surface area contributed by atoms with Crippen molar-refractivity contribution < 1.29 is 9.47 Å². The first-order valence-electron chi connectivity index (χ1n) is 10.1. The molecule has 0 aliphatic carbocycles. The molecule has 1 heterocycles. The average Bonchev–Trinajstić information content (AvgIpc) is 3.18. The molecule has 1 saturated heterocycles. The molecule has 152 valence electrons. The first-order chi connectivity index (χ1) is 13.2. The van der Waals surface area contributed by atoms with Crippen LogP contribution >= 0.6 is 0 Å². The predicted molar refractivity (Wildman–Crippen MR) is 111 cm³/mol. The Balaban J connectivity index is 1.75. The second-order valence-electron chi connectivity index (χ2n) is 7.16. The van der Waals surface area contributed by atoms with E-state index in [1.165, 1.54) is 5.56 Å². The molecule has 1 aliphatic heterocycles. The van der Waals surface area contributed by atoms with Crippen LogP contribution in [0.15, 0.2) is 35.3 Å². The summed E-state index contributed by atoms with van der Waals surface area (Å²) in [6.07, 6.45) is 3.26. The van der Waals surface area contributed by atoms with Crippen LogP contribution in [0.3, 0.4) is 0 Å². The third-order valence-corrected chi connectivity index (χ3v) is 4.70. The molecule has 6 nitrogen and oxygen atoms in total. The molecule has 2 atom stereocenters. The number of hydrogen-bond acceptors (Lipinski definition) is 4. The predicted octanol–water partition coefficient (Wildman–Crippen LogP) is 1.91. The van der Waals surface area contributed by atoms with Crippen molar-refractivity contribution in [2.24, 2.45) is 4.99 Å². The van der Waals surface area contributed by atoms with Crippen LogP contribution < -0.4 is 10.6 Å². The van der Waals surface area contributed by atoms with Gasteiger partial charge in [-0.25, -0.2) is 0 Å². The van der Waals surface area contributed by atoms with Crippen LogP contribution in [0.2, 0.25) is 0 Å². The zero-order valence-electron chi connectivity index (χ0n) is 17.1. The van der Waals surface area contributed by atoms with Crippen LogP contribution in [0.1, 0.15) is 25.3 Å². The minimum absolute atomic E-state index is 0.283. The Labute approximate surface area is 164 Å². The topological polar surface area (TPSA) is 58.1 Å². The zero-order valence-corrected chi connectivity index (χ0v) is 17.1. The van der Waals surface area contributed by atoms with Gasteiger partial charge in [-0.3, -0.25) is 4.99 Å². The third-order valence-electron chi connectivity index (χ3n) is 4.70. The summed E-state index contributed by atoms with van der Waals surface area (Å²) in [6, 6.07) is 11.0. The summed E-state index contributed by atoms with van der Waals surface area (Å²) in [4.78, 5) is 7.05. The van der Waals surface area contributed by atoms with Crippen molar-refractivity contribution in [3.8, 4) is 0 Å². The Bertz CT molecular complexity index is 530. The van der Waals surface area contributed by atoms with Gasteiger partial charge in [-0.1, -0.05) is 30.3 Å². The van der Waals surface area contributed by atoms with E-state index in [1.807, 2.05) is 0 Å². The summed E-state index contributed by atoms with van der Waals surface area (Å²) in [5.74, 6) is 0.876. The molecule has 2 N–H and O–H groups in total. The molecule has 0 amide bonds. The number of likely N-dealkylation sites (N-methyl/N-ethyl adjacent to an activating group) is 1. The largest absolute Gasteiger partial charge is 0.379 e. The molecule has 27 heavy (non-hydrogen) atoms. The van der Waals surface area contributed by atoms with Gasteiger partial charge in [0.25, 0.3) is 0 Å². The molecule has 1 aliphatic rings. The van der Waals surface area contributed by atoms with E-state index in [9.17, 15) is 0 Å². The highest BCUT2D eigenvalue weighted by Gasteiger charge is 2.15. The molecule has 0 radical (unpaired) electrons. The van der Waals surface area contributed by atoms with E-state index in [1.54, 1.807) is 0 Å². The van der Waals surface area contributed by atoms with Gasteiger partial charge in [0, 0.05) is 32.3 Å². The normalized spacial score (nSPS) is 18.7.